The molecule has 0 spiro atoms. The zero-order valence-electron chi connectivity index (χ0n) is 20.2. The summed E-state index contributed by atoms with van der Waals surface area (Å²) in [7, 11) is 0. The molecule has 2 heterocycles. The third-order valence-electron chi connectivity index (χ3n) is 5.70. The number of rotatable bonds is 10. The number of hydrogen-bond acceptors (Lipinski definition) is 8. The third kappa shape index (κ3) is 6.65. The van der Waals surface area contributed by atoms with E-state index < -0.39 is 17.4 Å². The lowest BCUT2D eigenvalue weighted by molar-refractivity contribution is -0.129. The summed E-state index contributed by atoms with van der Waals surface area (Å²) in [4.78, 5) is 43.7. The molecule has 34 heavy (non-hydrogen) atoms. The molecular formula is C24H33N5O4S. The average Bonchev–Trinajstić information content (AvgIpc) is 3.26. The van der Waals surface area contributed by atoms with E-state index in [0.717, 1.165) is 19.3 Å². The standard InChI is InChI=1S/C24H33N5O4S/c1-15(2)13-18(19(30)21-28-29-23(33-21)34-16(3)4)26-22(32)24(10-6-5-7-11-24)27-20(31)17-9-8-12-25-14-17/h8-9,12,14-16,18H,5-7,10-11,13H2,1-4H3,(H,26,32)(H,27,31)/t18-/m0/s1. The molecule has 10 heteroatoms. The molecule has 1 aliphatic rings. The van der Waals surface area contributed by atoms with Crippen LogP contribution in [0.2, 0.25) is 0 Å². The second kappa shape index (κ2) is 11.6. The van der Waals surface area contributed by atoms with Crippen LogP contribution in [0.15, 0.2) is 34.2 Å². The largest absolute Gasteiger partial charge is 0.408 e. The van der Waals surface area contributed by atoms with Gasteiger partial charge in [-0.2, -0.15) is 0 Å². The number of nitrogens with one attached hydrogen (secondary N) is 2. The second-order valence-electron chi connectivity index (χ2n) is 9.40. The molecule has 3 rings (SSSR count). The van der Waals surface area contributed by atoms with E-state index in [1.807, 2.05) is 27.7 Å². The minimum absolute atomic E-state index is 0.119. The van der Waals surface area contributed by atoms with Crippen LogP contribution in [-0.2, 0) is 4.79 Å². The molecule has 2 aromatic heterocycles. The smallest absolute Gasteiger partial charge is 0.286 e. The van der Waals surface area contributed by atoms with Crippen LogP contribution in [0.5, 0.6) is 0 Å². The summed E-state index contributed by atoms with van der Waals surface area (Å²) in [5, 5.41) is 14.3. The lowest BCUT2D eigenvalue weighted by Gasteiger charge is -2.37. The lowest BCUT2D eigenvalue weighted by Crippen LogP contribution is -2.62. The van der Waals surface area contributed by atoms with Gasteiger partial charge < -0.3 is 15.1 Å². The van der Waals surface area contributed by atoms with Crippen molar-refractivity contribution >= 4 is 29.4 Å². The van der Waals surface area contributed by atoms with Gasteiger partial charge in [0.05, 0.1) is 11.6 Å². The first-order valence-corrected chi connectivity index (χ1v) is 12.7. The molecule has 0 radical (unpaired) electrons. The number of thioether (sulfide) groups is 1. The number of hydrogen-bond donors (Lipinski definition) is 2. The van der Waals surface area contributed by atoms with Gasteiger partial charge in [0.15, 0.2) is 0 Å². The number of pyridine rings is 1. The molecule has 184 valence electrons. The topological polar surface area (TPSA) is 127 Å². The predicted molar refractivity (Wildman–Crippen MR) is 129 cm³/mol. The van der Waals surface area contributed by atoms with Crippen molar-refractivity contribution in [2.45, 2.75) is 88.3 Å². The Balaban J connectivity index is 1.80. The summed E-state index contributed by atoms with van der Waals surface area (Å²) < 4.78 is 5.56. The van der Waals surface area contributed by atoms with Crippen molar-refractivity contribution in [3.63, 3.8) is 0 Å². The van der Waals surface area contributed by atoms with Gasteiger partial charge in [-0.15, -0.1) is 10.2 Å². The van der Waals surface area contributed by atoms with E-state index in [9.17, 15) is 14.4 Å². The first kappa shape index (κ1) is 25.9. The van der Waals surface area contributed by atoms with Gasteiger partial charge in [0.1, 0.15) is 5.54 Å². The van der Waals surface area contributed by atoms with Crippen LogP contribution in [0.3, 0.4) is 0 Å². The molecular weight excluding hydrogens is 454 g/mol. The molecule has 9 nitrogen and oxygen atoms in total. The Bertz CT molecular complexity index is 986. The number of nitrogens with zero attached hydrogens (tertiary/aromatic N) is 3. The van der Waals surface area contributed by atoms with Crippen molar-refractivity contribution in [2.24, 2.45) is 5.92 Å². The highest BCUT2D eigenvalue weighted by Gasteiger charge is 2.43. The highest BCUT2D eigenvalue weighted by molar-refractivity contribution is 7.99. The van der Waals surface area contributed by atoms with E-state index in [-0.39, 0.29) is 28.9 Å². The van der Waals surface area contributed by atoms with Crippen molar-refractivity contribution in [3.05, 3.63) is 36.0 Å². The zero-order chi connectivity index (χ0) is 24.7. The molecule has 1 fully saturated rings. The Labute approximate surface area is 204 Å². The van der Waals surface area contributed by atoms with E-state index >= 15 is 0 Å². The van der Waals surface area contributed by atoms with Crippen LogP contribution in [0.25, 0.3) is 0 Å². The van der Waals surface area contributed by atoms with Gasteiger partial charge in [0.2, 0.25) is 11.7 Å². The maximum absolute atomic E-state index is 13.6. The summed E-state index contributed by atoms with van der Waals surface area (Å²) >= 11 is 1.37. The van der Waals surface area contributed by atoms with Gasteiger partial charge in [-0.05, 0) is 37.3 Å². The number of Topliss-reactive ketones (excluding diaryl/α,β-unsaturated/α-hetero) is 1. The normalized spacial score (nSPS) is 16.3. The van der Waals surface area contributed by atoms with Gasteiger partial charge in [-0.1, -0.05) is 58.7 Å². The monoisotopic (exact) mass is 487 g/mol. The Morgan fingerprint density at radius 2 is 1.85 bits per heavy atom. The molecule has 1 saturated carbocycles. The number of carbonyl (C=O) groups excluding carboxylic acids is 3. The van der Waals surface area contributed by atoms with Crippen molar-refractivity contribution in [1.29, 1.82) is 0 Å². The SMILES string of the molecule is CC(C)C[C@H](NC(=O)C1(NC(=O)c2cccnc2)CCCCC1)C(=O)c1nnc(SC(C)C)o1. The van der Waals surface area contributed by atoms with Gasteiger partial charge in [-0.3, -0.25) is 19.4 Å². The minimum atomic E-state index is -1.09. The van der Waals surface area contributed by atoms with Gasteiger partial charge in [-0.25, -0.2) is 0 Å². The van der Waals surface area contributed by atoms with E-state index in [2.05, 4.69) is 25.8 Å². The van der Waals surface area contributed by atoms with Crippen LogP contribution in [0.4, 0.5) is 0 Å². The molecule has 0 unspecified atom stereocenters. The molecule has 2 amide bonds. The summed E-state index contributed by atoms with van der Waals surface area (Å²) in [5.41, 5.74) is -0.704. The highest BCUT2D eigenvalue weighted by Crippen LogP contribution is 2.30. The van der Waals surface area contributed by atoms with Crippen molar-refractivity contribution < 1.29 is 18.8 Å². The van der Waals surface area contributed by atoms with E-state index in [1.165, 1.54) is 18.0 Å². The lowest BCUT2D eigenvalue weighted by atomic mass is 9.80. The van der Waals surface area contributed by atoms with E-state index in [4.69, 9.17) is 4.42 Å². The molecule has 0 aliphatic heterocycles. The van der Waals surface area contributed by atoms with Crippen LogP contribution < -0.4 is 10.6 Å². The molecule has 0 saturated heterocycles. The first-order valence-electron chi connectivity index (χ1n) is 11.8. The zero-order valence-corrected chi connectivity index (χ0v) is 21.0. The van der Waals surface area contributed by atoms with Crippen LogP contribution in [0, 0.1) is 5.92 Å². The maximum atomic E-state index is 13.6. The second-order valence-corrected chi connectivity index (χ2v) is 10.9. The van der Waals surface area contributed by atoms with E-state index in [0.29, 0.717) is 30.0 Å². The quantitative estimate of drug-likeness (QED) is 0.383. The van der Waals surface area contributed by atoms with Crippen molar-refractivity contribution in [1.82, 2.24) is 25.8 Å². The molecule has 2 N–H and O–H groups in total. The summed E-state index contributed by atoms with van der Waals surface area (Å²) in [5.74, 6) is -1.13. The summed E-state index contributed by atoms with van der Waals surface area (Å²) in [6, 6.07) is 2.50. The number of aromatic nitrogens is 3. The third-order valence-corrected chi connectivity index (χ3v) is 6.54. The fourth-order valence-electron chi connectivity index (χ4n) is 4.06. The molecule has 0 bridgehead atoms. The van der Waals surface area contributed by atoms with Gasteiger partial charge >= 0.3 is 0 Å². The fraction of sp³-hybridized carbons (Fsp3) is 0.583. The van der Waals surface area contributed by atoms with Crippen LogP contribution in [-0.4, -0.2) is 49.6 Å². The Hall–Kier alpha value is -2.75. The number of ketones is 1. The number of carbonyl (C=O) groups is 3. The first-order chi connectivity index (χ1) is 16.2. The maximum Gasteiger partial charge on any atom is 0.286 e. The highest BCUT2D eigenvalue weighted by atomic mass is 32.2. The minimum Gasteiger partial charge on any atom is -0.408 e. The molecule has 1 atom stereocenters. The van der Waals surface area contributed by atoms with Gasteiger partial charge in [0.25, 0.3) is 17.0 Å². The number of amides is 2. The Kier molecular flexibility index (Phi) is 8.82. The van der Waals surface area contributed by atoms with Crippen molar-refractivity contribution in [2.75, 3.05) is 0 Å². The summed E-state index contributed by atoms with van der Waals surface area (Å²) in [6.45, 7) is 7.92. The van der Waals surface area contributed by atoms with Crippen LogP contribution in [0.1, 0.15) is 87.3 Å². The fourth-order valence-corrected chi connectivity index (χ4v) is 4.68. The van der Waals surface area contributed by atoms with Gasteiger partial charge in [0, 0.05) is 17.6 Å². The summed E-state index contributed by atoms with van der Waals surface area (Å²) in [6.07, 6.45) is 7.08. The van der Waals surface area contributed by atoms with Crippen LogP contribution >= 0.6 is 11.8 Å². The predicted octanol–water partition coefficient (Wildman–Crippen LogP) is 3.81. The molecule has 0 aromatic carbocycles. The average molecular weight is 488 g/mol. The Morgan fingerprint density at radius 3 is 2.47 bits per heavy atom. The molecule has 2 aromatic rings. The Morgan fingerprint density at radius 1 is 1.12 bits per heavy atom. The molecule has 1 aliphatic carbocycles. The van der Waals surface area contributed by atoms with E-state index in [1.54, 1.807) is 18.3 Å². The van der Waals surface area contributed by atoms with Crippen molar-refractivity contribution in [3.8, 4) is 0 Å².